The van der Waals surface area contributed by atoms with Gasteiger partial charge in [0.2, 0.25) is 5.82 Å². The number of nitrogens with one attached hydrogen (secondary N) is 2. The van der Waals surface area contributed by atoms with E-state index in [-0.39, 0.29) is 17.3 Å². The summed E-state index contributed by atoms with van der Waals surface area (Å²) >= 11 is 0. The first-order valence-corrected chi connectivity index (χ1v) is 8.61. The van der Waals surface area contributed by atoms with Crippen LogP contribution in [-0.2, 0) is 0 Å². The third-order valence-corrected chi connectivity index (χ3v) is 4.11. The number of aromatic nitrogens is 3. The quantitative estimate of drug-likeness (QED) is 0.569. The van der Waals surface area contributed by atoms with E-state index in [2.05, 4.69) is 20.8 Å². The van der Waals surface area contributed by atoms with E-state index in [1.165, 1.54) is 0 Å². The van der Waals surface area contributed by atoms with Gasteiger partial charge in [0.05, 0.1) is 5.52 Å². The molecule has 0 radical (unpaired) electrons. The Morgan fingerprint density at radius 2 is 1.86 bits per heavy atom. The number of amides is 2. The first-order chi connectivity index (χ1) is 13.5. The lowest BCUT2D eigenvalue weighted by molar-refractivity contribution is 0.101. The second-order valence-electron chi connectivity index (χ2n) is 6.34. The normalized spacial score (nSPS) is 10.8. The molecular formula is C20H17N5O3. The molecule has 2 amide bonds. The predicted molar refractivity (Wildman–Crippen MR) is 104 cm³/mol. The fourth-order valence-electron chi connectivity index (χ4n) is 2.88. The highest BCUT2D eigenvalue weighted by Gasteiger charge is 2.22. The molecule has 0 spiro atoms. The Morgan fingerprint density at radius 1 is 1.00 bits per heavy atom. The molecule has 3 heterocycles. The van der Waals surface area contributed by atoms with E-state index in [1.807, 2.05) is 25.1 Å². The van der Waals surface area contributed by atoms with Crippen LogP contribution in [0.5, 0.6) is 0 Å². The Morgan fingerprint density at radius 3 is 2.61 bits per heavy atom. The summed E-state index contributed by atoms with van der Waals surface area (Å²) in [6.45, 7) is 3.66. The molecule has 0 saturated heterocycles. The lowest BCUT2D eigenvalue weighted by Gasteiger charge is -2.04. The Kier molecular flexibility index (Phi) is 4.36. The summed E-state index contributed by atoms with van der Waals surface area (Å²) < 4.78 is 6.52. The van der Waals surface area contributed by atoms with Gasteiger partial charge in [0.15, 0.2) is 11.5 Å². The van der Waals surface area contributed by atoms with Gasteiger partial charge < -0.3 is 15.2 Å². The summed E-state index contributed by atoms with van der Waals surface area (Å²) in [6, 6.07) is 14.3. The summed E-state index contributed by atoms with van der Waals surface area (Å²) in [6.07, 6.45) is 1.68. The molecule has 0 aliphatic carbocycles. The minimum Gasteiger partial charge on any atom is -0.360 e. The van der Waals surface area contributed by atoms with Crippen LogP contribution in [0.2, 0.25) is 0 Å². The van der Waals surface area contributed by atoms with E-state index in [9.17, 15) is 9.59 Å². The third kappa shape index (κ3) is 3.35. The summed E-state index contributed by atoms with van der Waals surface area (Å²) in [5.41, 5.74) is 2.36. The van der Waals surface area contributed by atoms with Crippen LogP contribution < -0.4 is 10.6 Å². The van der Waals surface area contributed by atoms with Gasteiger partial charge >= 0.3 is 0 Å². The van der Waals surface area contributed by atoms with Crippen LogP contribution in [0, 0.1) is 13.8 Å². The van der Waals surface area contributed by atoms with Crippen LogP contribution >= 0.6 is 0 Å². The molecule has 3 aromatic heterocycles. The van der Waals surface area contributed by atoms with Crippen molar-refractivity contribution >= 4 is 28.8 Å². The van der Waals surface area contributed by atoms with Crippen molar-refractivity contribution in [1.82, 2.24) is 14.5 Å². The van der Waals surface area contributed by atoms with E-state index in [0.717, 1.165) is 5.56 Å². The first kappa shape index (κ1) is 17.5. The molecule has 2 N–H and O–H groups in total. The van der Waals surface area contributed by atoms with E-state index >= 15 is 0 Å². The molecule has 0 unspecified atom stereocenters. The van der Waals surface area contributed by atoms with Crippen LogP contribution in [0.4, 0.5) is 11.5 Å². The van der Waals surface area contributed by atoms with E-state index in [0.29, 0.717) is 17.0 Å². The number of anilines is 2. The highest BCUT2D eigenvalue weighted by molar-refractivity contribution is 6.10. The van der Waals surface area contributed by atoms with Crippen molar-refractivity contribution in [3.05, 3.63) is 77.6 Å². The number of carbonyl (C=O) groups is 2. The van der Waals surface area contributed by atoms with Crippen molar-refractivity contribution in [1.29, 1.82) is 0 Å². The molecule has 0 bridgehead atoms. The topological polar surface area (TPSA) is 102 Å². The maximum Gasteiger partial charge on any atom is 0.293 e. The number of rotatable bonds is 4. The molecule has 140 valence electrons. The van der Waals surface area contributed by atoms with E-state index in [4.69, 9.17) is 4.52 Å². The highest BCUT2D eigenvalue weighted by Crippen LogP contribution is 2.18. The maximum absolute atomic E-state index is 12.8. The maximum atomic E-state index is 12.8. The summed E-state index contributed by atoms with van der Waals surface area (Å²) in [4.78, 5) is 29.8. The van der Waals surface area contributed by atoms with Crippen molar-refractivity contribution in [2.75, 3.05) is 10.6 Å². The number of hydrogen-bond acceptors (Lipinski definition) is 5. The molecule has 0 atom stereocenters. The lowest BCUT2D eigenvalue weighted by atomic mass is 10.2. The van der Waals surface area contributed by atoms with Crippen molar-refractivity contribution in [2.24, 2.45) is 0 Å². The molecular weight excluding hydrogens is 358 g/mol. The molecule has 8 heteroatoms. The van der Waals surface area contributed by atoms with Crippen molar-refractivity contribution in [3.63, 3.8) is 0 Å². The molecule has 8 nitrogen and oxygen atoms in total. The van der Waals surface area contributed by atoms with Crippen molar-refractivity contribution < 1.29 is 14.1 Å². The summed E-state index contributed by atoms with van der Waals surface area (Å²) in [5.74, 6) is 0.0304. The van der Waals surface area contributed by atoms with Crippen LogP contribution in [0.15, 0.2) is 59.3 Å². The van der Waals surface area contributed by atoms with Gasteiger partial charge in [-0.2, -0.15) is 0 Å². The number of nitrogens with zero attached hydrogens (tertiary/aromatic N) is 3. The average Bonchev–Trinajstić information content (AvgIpc) is 3.25. The van der Waals surface area contributed by atoms with Gasteiger partial charge in [-0.1, -0.05) is 23.4 Å². The Bertz CT molecular complexity index is 1190. The summed E-state index contributed by atoms with van der Waals surface area (Å²) in [7, 11) is 0. The van der Waals surface area contributed by atoms with Gasteiger partial charge in [-0.25, -0.2) is 4.98 Å². The zero-order valence-corrected chi connectivity index (χ0v) is 15.3. The molecule has 0 aliphatic rings. The number of benzene rings is 1. The van der Waals surface area contributed by atoms with Gasteiger partial charge in [-0.3, -0.25) is 14.0 Å². The molecule has 28 heavy (non-hydrogen) atoms. The third-order valence-electron chi connectivity index (χ3n) is 4.11. The number of carbonyl (C=O) groups excluding carboxylic acids is 2. The van der Waals surface area contributed by atoms with Crippen molar-refractivity contribution in [2.45, 2.75) is 13.8 Å². The zero-order chi connectivity index (χ0) is 19.7. The molecule has 1 aromatic carbocycles. The van der Waals surface area contributed by atoms with E-state index in [1.54, 1.807) is 47.9 Å². The standard InChI is InChI=1S/C20H17N5O3/c1-12-6-5-7-14(10-12)21-19(26)17-15-8-3-4-9-25(15)18(23-17)20(27)22-16-11-13(2)28-24-16/h3-11H,1-2H3,(H,21,26)(H,22,24,27). The smallest absolute Gasteiger partial charge is 0.293 e. The minimum atomic E-state index is -0.496. The van der Waals surface area contributed by atoms with Crippen LogP contribution in [0.25, 0.3) is 5.52 Å². The van der Waals surface area contributed by atoms with E-state index < -0.39 is 11.8 Å². The number of pyridine rings is 1. The van der Waals surface area contributed by atoms with Crippen LogP contribution in [-0.4, -0.2) is 26.4 Å². The van der Waals surface area contributed by atoms with Crippen LogP contribution in [0.1, 0.15) is 32.4 Å². The van der Waals surface area contributed by atoms with Crippen LogP contribution in [0.3, 0.4) is 0 Å². The average molecular weight is 375 g/mol. The fourth-order valence-corrected chi connectivity index (χ4v) is 2.88. The lowest BCUT2D eigenvalue weighted by Crippen LogP contribution is -2.16. The van der Waals surface area contributed by atoms with Crippen molar-refractivity contribution in [3.8, 4) is 0 Å². The Labute approximate surface area is 160 Å². The van der Waals surface area contributed by atoms with Gasteiger partial charge in [0.25, 0.3) is 11.8 Å². The molecule has 0 saturated carbocycles. The van der Waals surface area contributed by atoms with Gasteiger partial charge in [-0.15, -0.1) is 0 Å². The monoisotopic (exact) mass is 375 g/mol. The van der Waals surface area contributed by atoms with Gasteiger partial charge in [0.1, 0.15) is 5.76 Å². The molecule has 4 rings (SSSR count). The molecule has 4 aromatic rings. The second kappa shape index (κ2) is 6.99. The Balaban J connectivity index is 1.67. The molecule has 0 aliphatic heterocycles. The predicted octanol–water partition coefficient (Wildman–Crippen LogP) is 3.44. The van der Waals surface area contributed by atoms with Gasteiger partial charge in [-0.05, 0) is 43.7 Å². The fraction of sp³-hybridized carbons (Fsp3) is 0.100. The SMILES string of the molecule is Cc1cccc(NC(=O)c2nc(C(=O)Nc3cc(C)on3)n3ccccc23)c1. The van der Waals surface area contributed by atoms with Gasteiger partial charge in [0, 0.05) is 18.0 Å². The first-order valence-electron chi connectivity index (χ1n) is 8.61. The number of fused-ring (bicyclic) bond motifs is 1. The largest absolute Gasteiger partial charge is 0.360 e. The number of imidazole rings is 1. The highest BCUT2D eigenvalue weighted by atomic mass is 16.5. The Hall–Kier alpha value is -3.94. The number of aryl methyl sites for hydroxylation is 2. The minimum absolute atomic E-state index is 0.0747. The second-order valence-corrected chi connectivity index (χ2v) is 6.34. The number of hydrogen-bond donors (Lipinski definition) is 2. The summed E-state index contributed by atoms with van der Waals surface area (Å²) in [5, 5.41) is 9.19. The zero-order valence-electron chi connectivity index (χ0n) is 15.3. The molecule has 0 fully saturated rings.